The van der Waals surface area contributed by atoms with Crippen LogP contribution in [0, 0.1) is 5.92 Å². The summed E-state index contributed by atoms with van der Waals surface area (Å²) in [5.74, 6) is 3.11. The summed E-state index contributed by atoms with van der Waals surface area (Å²) < 4.78 is 6.05. The Labute approximate surface area is 121 Å². The normalized spacial score (nSPS) is 26.5. The van der Waals surface area contributed by atoms with Crippen molar-refractivity contribution in [1.29, 1.82) is 0 Å². The van der Waals surface area contributed by atoms with E-state index >= 15 is 0 Å². The van der Waals surface area contributed by atoms with Crippen molar-refractivity contribution in [3.63, 3.8) is 0 Å². The van der Waals surface area contributed by atoms with E-state index < -0.39 is 0 Å². The smallest absolute Gasteiger partial charge is 0.136 e. The van der Waals surface area contributed by atoms with E-state index in [1.165, 1.54) is 11.5 Å². The molecule has 2 rings (SSSR count). The van der Waals surface area contributed by atoms with Gasteiger partial charge in [0.1, 0.15) is 5.78 Å². The Morgan fingerprint density at radius 1 is 1.26 bits per heavy atom. The molecule has 19 heavy (non-hydrogen) atoms. The first-order chi connectivity index (χ1) is 9.26. The molecule has 1 unspecified atom stereocenters. The third kappa shape index (κ3) is 4.47. The number of thioether (sulfide) groups is 1. The molecule has 0 aromatic carbocycles. The van der Waals surface area contributed by atoms with Crippen molar-refractivity contribution in [1.82, 2.24) is 0 Å². The van der Waals surface area contributed by atoms with Gasteiger partial charge in [0, 0.05) is 18.9 Å². The van der Waals surface area contributed by atoms with Crippen molar-refractivity contribution in [3.05, 3.63) is 0 Å². The monoisotopic (exact) mass is 285 g/mol. The molecule has 2 fully saturated rings. The van der Waals surface area contributed by atoms with Gasteiger partial charge in [-0.3, -0.25) is 4.79 Å². The number of carbonyl (C=O) groups is 1. The summed E-state index contributed by atoms with van der Waals surface area (Å²) in [4.78, 5) is 12.3. The quantitative estimate of drug-likeness (QED) is 0.762. The lowest BCUT2D eigenvalue weighted by molar-refractivity contribution is -0.138. The van der Waals surface area contributed by atoms with Crippen molar-refractivity contribution in [3.8, 4) is 0 Å². The van der Waals surface area contributed by atoms with Gasteiger partial charge >= 0.3 is 0 Å². The molecule has 0 aliphatic carbocycles. The summed E-state index contributed by atoms with van der Waals surface area (Å²) in [6.45, 7) is 1.52. The maximum absolute atomic E-state index is 12.3. The van der Waals surface area contributed by atoms with Crippen LogP contribution in [0.15, 0.2) is 0 Å². The first-order valence-electron chi connectivity index (χ1n) is 7.70. The number of carbonyl (C=O) groups excluding carboxylic acids is 1. The van der Waals surface area contributed by atoms with Gasteiger partial charge in [0.25, 0.3) is 0 Å². The van der Waals surface area contributed by atoms with Gasteiger partial charge in [-0.15, -0.1) is 0 Å². The van der Waals surface area contributed by atoms with E-state index in [-0.39, 0.29) is 11.5 Å². The second kappa shape index (κ2) is 7.65. The summed E-state index contributed by atoms with van der Waals surface area (Å²) in [5.41, 5.74) is 5.52. The second-order valence-electron chi connectivity index (χ2n) is 5.90. The highest BCUT2D eigenvalue weighted by molar-refractivity contribution is 7.99. The lowest BCUT2D eigenvalue weighted by Gasteiger charge is -2.43. The molecule has 3 nitrogen and oxygen atoms in total. The van der Waals surface area contributed by atoms with E-state index in [9.17, 15) is 4.79 Å². The zero-order valence-corrected chi connectivity index (χ0v) is 12.7. The van der Waals surface area contributed by atoms with Gasteiger partial charge in [0.2, 0.25) is 0 Å². The summed E-state index contributed by atoms with van der Waals surface area (Å²) in [5, 5.41) is 0. The molecule has 1 atom stereocenters. The second-order valence-corrected chi connectivity index (χ2v) is 7.12. The summed E-state index contributed by atoms with van der Waals surface area (Å²) in [6.07, 6.45) is 8.07. The maximum Gasteiger partial charge on any atom is 0.136 e. The standard InChI is InChI=1S/C15H27NO2S/c16-8-3-1-2-4-14(17)13-5-9-18-15(12-13)6-10-19-11-7-15/h13H,1-12,16H2. The van der Waals surface area contributed by atoms with Crippen LogP contribution < -0.4 is 5.73 Å². The molecule has 2 aliphatic rings. The highest BCUT2D eigenvalue weighted by atomic mass is 32.2. The third-order valence-corrected chi connectivity index (χ3v) is 5.47. The van der Waals surface area contributed by atoms with Gasteiger partial charge < -0.3 is 10.5 Å². The maximum atomic E-state index is 12.3. The minimum Gasteiger partial charge on any atom is -0.375 e. The molecule has 0 saturated carbocycles. The molecule has 2 saturated heterocycles. The minimum absolute atomic E-state index is 0.0427. The predicted octanol–water partition coefficient (Wildman–Crippen LogP) is 2.77. The third-order valence-electron chi connectivity index (χ3n) is 4.48. The van der Waals surface area contributed by atoms with Crippen LogP contribution in [0.2, 0.25) is 0 Å². The van der Waals surface area contributed by atoms with Crippen LogP contribution in [0.4, 0.5) is 0 Å². The van der Waals surface area contributed by atoms with Gasteiger partial charge in [0.15, 0.2) is 0 Å². The molecular weight excluding hydrogens is 258 g/mol. The first kappa shape index (κ1) is 15.3. The van der Waals surface area contributed by atoms with Crippen molar-refractivity contribution in [2.45, 2.75) is 57.0 Å². The highest BCUT2D eigenvalue weighted by Crippen LogP contribution is 2.40. The van der Waals surface area contributed by atoms with Gasteiger partial charge in [-0.1, -0.05) is 6.42 Å². The van der Waals surface area contributed by atoms with Crippen LogP contribution in [-0.4, -0.2) is 36.0 Å². The number of ketones is 1. The average molecular weight is 285 g/mol. The van der Waals surface area contributed by atoms with Crippen LogP contribution in [0.25, 0.3) is 0 Å². The fraction of sp³-hybridized carbons (Fsp3) is 0.933. The Bertz CT molecular complexity index is 284. The summed E-state index contributed by atoms with van der Waals surface area (Å²) in [6, 6.07) is 0. The van der Waals surface area contributed by atoms with Crippen LogP contribution in [0.3, 0.4) is 0 Å². The molecular formula is C15H27NO2S. The van der Waals surface area contributed by atoms with Gasteiger partial charge in [0.05, 0.1) is 5.60 Å². The number of hydrogen-bond donors (Lipinski definition) is 1. The molecule has 0 aromatic heterocycles. The van der Waals surface area contributed by atoms with E-state index in [4.69, 9.17) is 10.5 Å². The molecule has 0 bridgehead atoms. The van der Waals surface area contributed by atoms with Crippen LogP contribution in [0.1, 0.15) is 51.4 Å². The van der Waals surface area contributed by atoms with Crippen molar-refractivity contribution < 1.29 is 9.53 Å². The number of ether oxygens (including phenoxy) is 1. The van der Waals surface area contributed by atoms with Gasteiger partial charge in [-0.25, -0.2) is 0 Å². The molecule has 1 spiro atoms. The molecule has 110 valence electrons. The minimum atomic E-state index is 0.0427. The van der Waals surface area contributed by atoms with Gasteiger partial charge in [-0.2, -0.15) is 11.8 Å². The number of hydrogen-bond acceptors (Lipinski definition) is 4. The molecule has 2 N–H and O–H groups in total. The largest absolute Gasteiger partial charge is 0.375 e. The molecule has 0 radical (unpaired) electrons. The van der Waals surface area contributed by atoms with Gasteiger partial charge in [-0.05, 0) is 56.6 Å². The Hall–Kier alpha value is -0.0600. The number of rotatable bonds is 6. The van der Waals surface area contributed by atoms with Crippen LogP contribution in [0.5, 0.6) is 0 Å². The number of Topliss-reactive ketones (excluding diaryl/α,β-unsaturated/α-hetero) is 1. The van der Waals surface area contributed by atoms with E-state index in [0.29, 0.717) is 5.78 Å². The Balaban J connectivity index is 1.78. The molecule has 4 heteroatoms. The van der Waals surface area contributed by atoms with Crippen molar-refractivity contribution >= 4 is 17.5 Å². The average Bonchev–Trinajstić information content (AvgIpc) is 2.44. The Morgan fingerprint density at radius 3 is 2.79 bits per heavy atom. The van der Waals surface area contributed by atoms with Crippen molar-refractivity contribution in [2.24, 2.45) is 11.7 Å². The first-order valence-corrected chi connectivity index (χ1v) is 8.86. The van der Waals surface area contributed by atoms with E-state index in [2.05, 4.69) is 0 Å². The predicted molar refractivity (Wildman–Crippen MR) is 80.5 cm³/mol. The Kier molecular flexibility index (Phi) is 6.17. The van der Waals surface area contributed by atoms with E-state index in [1.807, 2.05) is 11.8 Å². The number of nitrogens with two attached hydrogens (primary N) is 1. The zero-order chi connectivity index (χ0) is 13.6. The van der Waals surface area contributed by atoms with E-state index in [0.717, 1.165) is 64.5 Å². The molecule has 2 heterocycles. The highest BCUT2D eigenvalue weighted by Gasteiger charge is 2.40. The lowest BCUT2D eigenvalue weighted by Crippen LogP contribution is -2.44. The lowest BCUT2D eigenvalue weighted by atomic mass is 9.79. The SMILES string of the molecule is NCCCCCC(=O)C1CCOC2(CCSCC2)C1. The zero-order valence-electron chi connectivity index (χ0n) is 11.9. The summed E-state index contributed by atoms with van der Waals surface area (Å²) >= 11 is 2.01. The van der Waals surface area contributed by atoms with Crippen molar-refractivity contribution in [2.75, 3.05) is 24.7 Å². The number of unbranched alkanes of at least 4 members (excludes halogenated alkanes) is 2. The Morgan fingerprint density at radius 2 is 2.05 bits per heavy atom. The van der Waals surface area contributed by atoms with Crippen LogP contribution >= 0.6 is 11.8 Å². The fourth-order valence-electron chi connectivity index (χ4n) is 3.22. The summed E-state index contributed by atoms with van der Waals surface area (Å²) in [7, 11) is 0. The fourth-order valence-corrected chi connectivity index (χ4v) is 4.46. The molecule has 0 aromatic rings. The molecule has 0 amide bonds. The van der Waals surface area contributed by atoms with Crippen LogP contribution in [-0.2, 0) is 9.53 Å². The topological polar surface area (TPSA) is 52.3 Å². The van der Waals surface area contributed by atoms with E-state index in [1.54, 1.807) is 0 Å². The molecule has 2 aliphatic heterocycles.